The minimum Gasteiger partial charge on any atom is -0.369 e. The van der Waals surface area contributed by atoms with Crippen LogP contribution in [-0.2, 0) is 15.5 Å². The number of carbonyl (C=O) groups excluding carboxylic acids is 1. The van der Waals surface area contributed by atoms with Crippen molar-refractivity contribution in [1.29, 1.82) is 0 Å². The number of rotatable bonds is 5. The number of hydrogen-bond acceptors (Lipinski definition) is 3. The summed E-state index contributed by atoms with van der Waals surface area (Å²) in [6, 6.07) is 4.22. The maximum absolute atomic E-state index is 12.9. The van der Waals surface area contributed by atoms with Gasteiger partial charge in [0.1, 0.15) is 16.5 Å². The Morgan fingerprint density at radius 3 is 2.56 bits per heavy atom. The predicted molar refractivity (Wildman–Crippen MR) is 67.0 cm³/mol. The van der Waals surface area contributed by atoms with Gasteiger partial charge in [0.25, 0.3) is 0 Å². The molecule has 0 aliphatic heterocycles. The van der Waals surface area contributed by atoms with Crippen molar-refractivity contribution < 1.29 is 17.6 Å². The zero-order valence-corrected chi connectivity index (χ0v) is 11.3. The summed E-state index contributed by atoms with van der Waals surface area (Å²) in [6.45, 7) is 0. The lowest BCUT2D eigenvalue weighted by Gasteiger charge is -2.19. The molecule has 0 aliphatic rings. The van der Waals surface area contributed by atoms with E-state index in [1.807, 2.05) is 0 Å². The van der Waals surface area contributed by atoms with Crippen LogP contribution in [0.4, 0.5) is 4.39 Å². The summed E-state index contributed by atoms with van der Waals surface area (Å²) < 4.78 is 34.9. The highest BCUT2D eigenvalue weighted by Gasteiger charge is 2.31. The van der Waals surface area contributed by atoms with E-state index in [4.69, 9.17) is 28.9 Å². The van der Waals surface area contributed by atoms with Crippen molar-refractivity contribution in [2.75, 3.05) is 5.88 Å². The van der Waals surface area contributed by atoms with E-state index < -0.39 is 33.6 Å². The van der Waals surface area contributed by atoms with Crippen molar-refractivity contribution in [3.05, 3.63) is 34.6 Å². The third kappa shape index (κ3) is 3.34. The van der Waals surface area contributed by atoms with Crippen LogP contribution in [0.1, 0.15) is 11.5 Å². The third-order valence-electron chi connectivity index (χ3n) is 2.35. The Hall–Kier alpha value is -0.850. The third-order valence-corrected chi connectivity index (χ3v) is 4.25. The zero-order valence-electron chi connectivity index (χ0n) is 8.90. The second kappa shape index (κ2) is 6.36. The lowest BCUT2D eigenvalue weighted by atomic mass is 9.95. The Bertz CT molecular complexity index is 528. The molecule has 1 aromatic carbocycles. The van der Waals surface area contributed by atoms with Gasteiger partial charge in [-0.25, -0.2) is 12.8 Å². The first-order valence-electron chi connectivity index (χ1n) is 4.74. The van der Waals surface area contributed by atoms with E-state index in [2.05, 4.69) is 6.07 Å². The van der Waals surface area contributed by atoms with E-state index >= 15 is 0 Å². The van der Waals surface area contributed by atoms with Gasteiger partial charge in [0.15, 0.2) is 0 Å². The molecule has 4 nitrogen and oxygen atoms in total. The smallest absolute Gasteiger partial charge is 0.226 e. The summed E-state index contributed by atoms with van der Waals surface area (Å²) in [7, 11) is -2.98. The minimum absolute atomic E-state index is 0.0930. The minimum atomic E-state index is -2.98. The van der Waals surface area contributed by atoms with Crippen LogP contribution in [0.3, 0.4) is 0 Å². The number of nitrogens with two attached hydrogens (primary N) is 1. The average molecular weight is 313 g/mol. The molecule has 2 N–H and O–H groups in total. The first kappa shape index (κ1) is 15.2. The van der Waals surface area contributed by atoms with Crippen molar-refractivity contribution in [2.45, 2.75) is 11.2 Å². The van der Waals surface area contributed by atoms with Gasteiger partial charge in [0, 0.05) is 17.0 Å². The topological polar surface area (TPSA) is 77.2 Å². The van der Waals surface area contributed by atoms with E-state index in [1.165, 1.54) is 0 Å². The highest BCUT2D eigenvalue weighted by Crippen LogP contribution is 2.29. The first-order valence-corrected chi connectivity index (χ1v) is 6.89. The number of primary amides is 1. The molecule has 8 heteroatoms. The van der Waals surface area contributed by atoms with Gasteiger partial charge in [-0.3, -0.25) is 4.79 Å². The number of amides is 1. The molecular formula is C10H9Cl2FNO3S. The van der Waals surface area contributed by atoms with Crippen LogP contribution in [-0.4, -0.2) is 25.5 Å². The van der Waals surface area contributed by atoms with E-state index in [0.29, 0.717) is 0 Å². The largest absolute Gasteiger partial charge is 0.369 e. The summed E-state index contributed by atoms with van der Waals surface area (Å²) in [6.07, 6.45) is 0. The monoisotopic (exact) mass is 312 g/mol. The summed E-state index contributed by atoms with van der Waals surface area (Å²) in [4.78, 5) is 11.4. The van der Waals surface area contributed by atoms with E-state index in [0.717, 1.165) is 12.1 Å². The number of halogens is 3. The number of alkyl halides is 1. The molecule has 1 amide bonds. The molecule has 0 fully saturated rings. The summed E-state index contributed by atoms with van der Waals surface area (Å²) in [5.74, 6) is -3.17. The molecule has 99 valence electrons. The number of benzene rings is 1. The molecule has 18 heavy (non-hydrogen) atoms. The van der Waals surface area contributed by atoms with Crippen LogP contribution in [0.2, 0.25) is 5.02 Å². The molecule has 1 radical (unpaired) electrons. The lowest BCUT2D eigenvalue weighted by molar-refractivity contribution is -0.119. The molecule has 0 saturated carbocycles. The Morgan fingerprint density at radius 1 is 1.56 bits per heavy atom. The van der Waals surface area contributed by atoms with Crippen molar-refractivity contribution in [3.8, 4) is 0 Å². The van der Waals surface area contributed by atoms with Crippen LogP contribution < -0.4 is 5.73 Å². The van der Waals surface area contributed by atoms with Gasteiger partial charge in [-0.05, 0) is 17.7 Å². The quantitative estimate of drug-likeness (QED) is 0.630. The van der Waals surface area contributed by atoms with Crippen LogP contribution in [0.25, 0.3) is 0 Å². The van der Waals surface area contributed by atoms with Crippen LogP contribution in [0.5, 0.6) is 0 Å². The van der Waals surface area contributed by atoms with Crippen molar-refractivity contribution in [2.24, 2.45) is 5.73 Å². The molecule has 0 aromatic heterocycles. The highest BCUT2D eigenvalue weighted by molar-refractivity contribution is 7.73. The van der Waals surface area contributed by atoms with Crippen molar-refractivity contribution >= 4 is 39.8 Å². The summed E-state index contributed by atoms with van der Waals surface area (Å²) >= 11 is 11.3. The molecule has 0 bridgehead atoms. The molecule has 0 aliphatic carbocycles. The number of carbonyl (C=O) groups is 1. The van der Waals surface area contributed by atoms with E-state index in [9.17, 15) is 17.6 Å². The molecule has 1 aromatic rings. The molecular weight excluding hydrogens is 304 g/mol. The van der Waals surface area contributed by atoms with Crippen LogP contribution >= 0.6 is 23.2 Å². The predicted octanol–water partition coefficient (Wildman–Crippen LogP) is 1.07. The molecule has 0 heterocycles. The van der Waals surface area contributed by atoms with E-state index in [-0.39, 0.29) is 16.5 Å². The Kier molecular flexibility index (Phi) is 5.37. The number of thiol groups is 1. The Balaban J connectivity index is 3.32. The lowest BCUT2D eigenvalue weighted by Crippen LogP contribution is -2.34. The van der Waals surface area contributed by atoms with Crippen LogP contribution in [0, 0.1) is 11.9 Å². The van der Waals surface area contributed by atoms with Gasteiger partial charge in [0.2, 0.25) is 5.91 Å². The molecule has 2 atom stereocenters. The second-order valence-electron chi connectivity index (χ2n) is 3.47. The van der Waals surface area contributed by atoms with Gasteiger partial charge in [0.05, 0.1) is 11.2 Å². The normalized spacial score (nSPS) is 14.4. The van der Waals surface area contributed by atoms with Gasteiger partial charge in [-0.2, -0.15) is 0 Å². The number of hydrogen-bond donors (Lipinski definition) is 2. The first-order chi connectivity index (χ1) is 8.38. The summed E-state index contributed by atoms with van der Waals surface area (Å²) in [5.41, 5.74) is 5.25. The van der Waals surface area contributed by atoms with E-state index in [1.54, 1.807) is 0 Å². The Labute approximate surface area is 115 Å². The molecule has 2 unspecified atom stereocenters. The van der Waals surface area contributed by atoms with Crippen LogP contribution in [0.15, 0.2) is 12.1 Å². The van der Waals surface area contributed by atoms with Crippen molar-refractivity contribution in [1.82, 2.24) is 0 Å². The van der Waals surface area contributed by atoms with Crippen molar-refractivity contribution in [3.63, 3.8) is 0 Å². The standard InChI is InChI=1S/C10H9Cl2FNO3S/c11-4-8(18(16)17)9(10(14)15)6-2-1-5(13)3-7(6)12/h2-3,8-9,18H,4H2,(H2,14,15). The van der Waals surface area contributed by atoms with Gasteiger partial charge in [-0.15, -0.1) is 11.6 Å². The fourth-order valence-electron chi connectivity index (χ4n) is 1.51. The fraction of sp³-hybridized carbons (Fsp3) is 0.300. The maximum Gasteiger partial charge on any atom is 0.226 e. The van der Waals surface area contributed by atoms with Gasteiger partial charge >= 0.3 is 0 Å². The molecule has 0 saturated heterocycles. The SMILES string of the molecule is NC(=O)C(c1c[c]c(F)cc1Cl)C(CCl)[SH](=O)=O. The molecule has 1 rings (SSSR count). The molecule has 0 spiro atoms. The zero-order chi connectivity index (χ0) is 13.9. The fourth-order valence-corrected chi connectivity index (χ4v) is 2.96. The highest BCUT2D eigenvalue weighted by atomic mass is 35.5. The summed E-state index contributed by atoms with van der Waals surface area (Å²) in [5, 5.41) is -1.29. The Morgan fingerprint density at radius 2 is 2.17 bits per heavy atom. The second-order valence-corrected chi connectivity index (χ2v) is 5.42. The average Bonchev–Trinajstić information content (AvgIpc) is 2.26. The van der Waals surface area contributed by atoms with Gasteiger partial charge in [-0.1, -0.05) is 11.6 Å². The maximum atomic E-state index is 12.9. The van der Waals surface area contributed by atoms with Gasteiger partial charge < -0.3 is 5.73 Å².